The smallest absolute Gasteiger partial charge is 0.191 e. The summed E-state index contributed by atoms with van der Waals surface area (Å²) in [6.45, 7) is 2.95. The Morgan fingerprint density at radius 3 is 2.62 bits per heavy atom. The first-order valence-corrected chi connectivity index (χ1v) is 9.57. The van der Waals surface area contributed by atoms with Crippen molar-refractivity contribution in [3.63, 3.8) is 0 Å². The van der Waals surface area contributed by atoms with Gasteiger partial charge in [0, 0.05) is 37.6 Å². The van der Waals surface area contributed by atoms with Gasteiger partial charge in [0.25, 0.3) is 0 Å². The van der Waals surface area contributed by atoms with E-state index >= 15 is 0 Å². The van der Waals surface area contributed by atoms with Gasteiger partial charge < -0.3 is 14.2 Å². The zero-order valence-corrected chi connectivity index (χ0v) is 16.5. The van der Waals surface area contributed by atoms with Gasteiger partial charge in [0.2, 0.25) is 0 Å². The molecule has 136 valence electrons. The fourth-order valence-electron chi connectivity index (χ4n) is 2.73. The molecule has 0 saturated carbocycles. The van der Waals surface area contributed by atoms with E-state index in [0.29, 0.717) is 0 Å². The van der Waals surface area contributed by atoms with E-state index in [0.717, 1.165) is 40.3 Å². The van der Waals surface area contributed by atoms with E-state index < -0.39 is 0 Å². The third-order valence-electron chi connectivity index (χ3n) is 4.16. The van der Waals surface area contributed by atoms with Crippen LogP contribution in [0.5, 0.6) is 5.75 Å². The van der Waals surface area contributed by atoms with E-state index in [4.69, 9.17) is 4.74 Å². The van der Waals surface area contributed by atoms with Crippen LogP contribution in [0.25, 0.3) is 11.4 Å². The van der Waals surface area contributed by atoms with Crippen LogP contribution in [0.15, 0.2) is 53.7 Å². The molecule has 0 amide bonds. The van der Waals surface area contributed by atoms with Gasteiger partial charge in [0.15, 0.2) is 11.0 Å². The number of aromatic nitrogens is 3. The van der Waals surface area contributed by atoms with Crippen molar-refractivity contribution in [3.8, 4) is 17.1 Å². The molecule has 0 saturated heterocycles. The van der Waals surface area contributed by atoms with Crippen LogP contribution >= 0.6 is 11.8 Å². The predicted molar refractivity (Wildman–Crippen MR) is 108 cm³/mol. The second kappa shape index (κ2) is 8.27. The molecule has 26 heavy (non-hydrogen) atoms. The van der Waals surface area contributed by atoms with Crippen molar-refractivity contribution in [2.45, 2.75) is 24.4 Å². The van der Waals surface area contributed by atoms with Gasteiger partial charge in [-0.15, -0.1) is 10.2 Å². The first-order valence-electron chi connectivity index (χ1n) is 8.59. The summed E-state index contributed by atoms with van der Waals surface area (Å²) < 4.78 is 7.46. The molecule has 3 rings (SSSR count). The quantitative estimate of drug-likeness (QED) is 0.581. The molecule has 0 radical (unpaired) electrons. The van der Waals surface area contributed by atoms with Crippen molar-refractivity contribution in [3.05, 3.63) is 54.1 Å². The van der Waals surface area contributed by atoms with Gasteiger partial charge in [-0.2, -0.15) is 0 Å². The van der Waals surface area contributed by atoms with Crippen LogP contribution in [0.4, 0.5) is 5.69 Å². The highest BCUT2D eigenvalue weighted by Crippen LogP contribution is 2.28. The van der Waals surface area contributed by atoms with Crippen LogP contribution in [0.1, 0.15) is 12.5 Å². The Morgan fingerprint density at radius 1 is 1.08 bits per heavy atom. The van der Waals surface area contributed by atoms with Gasteiger partial charge >= 0.3 is 0 Å². The van der Waals surface area contributed by atoms with Crippen molar-refractivity contribution in [2.75, 3.05) is 26.1 Å². The molecule has 0 aliphatic carbocycles. The maximum Gasteiger partial charge on any atom is 0.191 e. The minimum atomic E-state index is 0.826. The summed E-state index contributed by atoms with van der Waals surface area (Å²) in [5.41, 5.74) is 3.44. The number of methoxy groups -OCH3 is 1. The Balaban J connectivity index is 1.83. The minimum Gasteiger partial charge on any atom is -0.497 e. The summed E-state index contributed by atoms with van der Waals surface area (Å²) in [4.78, 5) is 2.09. The van der Waals surface area contributed by atoms with Crippen LogP contribution in [-0.2, 0) is 12.3 Å². The van der Waals surface area contributed by atoms with E-state index in [1.54, 1.807) is 18.9 Å². The first kappa shape index (κ1) is 18.3. The Kier molecular flexibility index (Phi) is 5.83. The van der Waals surface area contributed by atoms with Gasteiger partial charge in [-0.25, -0.2) is 0 Å². The third kappa shape index (κ3) is 4.02. The van der Waals surface area contributed by atoms with Crippen molar-refractivity contribution in [1.82, 2.24) is 14.8 Å². The van der Waals surface area contributed by atoms with Crippen molar-refractivity contribution in [1.29, 1.82) is 0 Å². The number of hydrogen-bond donors (Lipinski definition) is 0. The average molecular weight is 369 g/mol. The molecule has 0 unspecified atom stereocenters. The van der Waals surface area contributed by atoms with Gasteiger partial charge in [-0.05, 0) is 36.8 Å². The summed E-state index contributed by atoms with van der Waals surface area (Å²) in [5, 5.41) is 9.81. The second-order valence-electron chi connectivity index (χ2n) is 6.14. The number of hydrogen-bond acceptors (Lipinski definition) is 5. The number of nitrogens with zero attached hydrogens (tertiary/aromatic N) is 4. The second-order valence-corrected chi connectivity index (χ2v) is 7.08. The van der Waals surface area contributed by atoms with Crippen LogP contribution in [0.2, 0.25) is 0 Å². The van der Waals surface area contributed by atoms with E-state index in [2.05, 4.69) is 63.0 Å². The largest absolute Gasteiger partial charge is 0.497 e. The topological polar surface area (TPSA) is 43.2 Å². The molecule has 0 aliphatic heterocycles. The Bertz CT molecular complexity index is 876. The predicted octanol–water partition coefficient (Wildman–Crippen LogP) is 4.33. The number of benzene rings is 2. The number of thioether (sulfide) groups is 1. The summed E-state index contributed by atoms with van der Waals surface area (Å²) >= 11 is 1.69. The zero-order valence-electron chi connectivity index (χ0n) is 15.6. The molecule has 0 fully saturated rings. The van der Waals surface area contributed by atoms with Crippen molar-refractivity contribution in [2.24, 2.45) is 0 Å². The number of ether oxygens (including phenoxy) is 1. The third-order valence-corrected chi connectivity index (χ3v) is 5.19. The monoisotopic (exact) mass is 368 g/mol. The van der Waals surface area contributed by atoms with E-state index in [9.17, 15) is 0 Å². The van der Waals surface area contributed by atoms with Gasteiger partial charge in [-0.3, -0.25) is 0 Å². The zero-order chi connectivity index (χ0) is 18.5. The summed E-state index contributed by atoms with van der Waals surface area (Å²) in [7, 11) is 5.77. The first-order chi connectivity index (χ1) is 12.6. The summed E-state index contributed by atoms with van der Waals surface area (Å²) in [6.07, 6.45) is 0. The highest BCUT2D eigenvalue weighted by Gasteiger charge is 2.14. The Hall–Kier alpha value is -2.47. The van der Waals surface area contributed by atoms with E-state index in [1.807, 2.05) is 26.2 Å². The van der Waals surface area contributed by atoms with Crippen molar-refractivity contribution < 1.29 is 4.74 Å². The van der Waals surface area contributed by atoms with Gasteiger partial charge in [0.1, 0.15) is 5.75 Å². The lowest BCUT2D eigenvalue weighted by Gasteiger charge is -2.14. The molecule has 0 aliphatic rings. The van der Waals surface area contributed by atoms with Gasteiger partial charge in [0.05, 0.1) is 7.11 Å². The molecule has 3 aromatic rings. The average Bonchev–Trinajstić information content (AvgIpc) is 3.09. The molecule has 5 nitrogen and oxygen atoms in total. The summed E-state index contributed by atoms with van der Waals surface area (Å²) in [5.74, 6) is 2.61. The molecule has 0 spiro atoms. The SMILES string of the molecule is CCn1c(SCc2cccc(OC)c2)nnc1-c1cccc(N(C)C)c1. The molecule has 0 atom stereocenters. The van der Waals surface area contributed by atoms with Crippen LogP contribution in [-0.4, -0.2) is 36.0 Å². The Morgan fingerprint density at radius 2 is 1.88 bits per heavy atom. The fourth-order valence-corrected chi connectivity index (χ4v) is 3.67. The van der Waals surface area contributed by atoms with Crippen molar-refractivity contribution >= 4 is 17.4 Å². The molecule has 1 heterocycles. The minimum absolute atomic E-state index is 0.826. The number of rotatable bonds is 7. The van der Waals surface area contributed by atoms with E-state index in [1.165, 1.54) is 5.56 Å². The lowest BCUT2D eigenvalue weighted by atomic mass is 10.2. The molecule has 6 heteroatoms. The molecule has 0 N–H and O–H groups in total. The fraction of sp³-hybridized carbons (Fsp3) is 0.300. The molecular formula is C20H24N4OS. The van der Waals surface area contributed by atoms with Crippen LogP contribution in [0.3, 0.4) is 0 Å². The number of anilines is 1. The molecule has 1 aromatic heterocycles. The maximum absolute atomic E-state index is 5.30. The van der Waals surface area contributed by atoms with Gasteiger partial charge in [-0.1, -0.05) is 36.0 Å². The highest BCUT2D eigenvalue weighted by molar-refractivity contribution is 7.98. The van der Waals surface area contributed by atoms with E-state index in [-0.39, 0.29) is 0 Å². The Labute approximate surface area is 159 Å². The maximum atomic E-state index is 5.30. The lowest BCUT2D eigenvalue weighted by Crippen LogP contribution is -2.08. The molecule has 0 bridgehead atoms. The molecular weight excluding hydrogens is 344 g/mol. The molecule has 2 aromatic carbocycles. The van der Waals surface area contributed by atoms with Crippen LogP contribution < -0.4 is 9.64 Å². The highest BCUT2D eigenvalue weighted by atomic mass is 32.2. The standard InChI is InChI=1S/C20H24N4OS/c1-5-24-19(16-9-7-10-17(13-16)23(2)3)21-22-20(24)26-14-15-8-6-11-18(12-15)25-4/h6-13H,5,14H2,1-4H3. The lowest BCUT2D eigenvalue weighted by molar-refractivity contribution is 0.414. The van der Waals surface area contributed by atoms with Crippen LogP contribution in [0, 0.1) is 0 Å². The normalized spacial score (nSPS) is 10.8. The summed E-state index contributed by atoms with van der Waals surface area (Å²) in [6, 6.07) is 16.5.